The number of imidazole rings is 1. The molecule has 0 bridgehead atoms. The molecular formula is C14H18N6O2. The Morgan fingerprint density at radius 1 is 1.14 bits per heavy atom. The Bertz CT molecular complexity index is 900. The summed E-state index contributed by atoms with van der Waals surface area (Å²) in [6, 6.07) is 1.77. The second-order valence-corrected chi connectivity index (χ2v) is 5.10. The number of hydrogen-bond donors (Lipinski definition) is 1. The van der Waals surface area contributed by atoms with Gasteiger partial charge >= 0.3 is 5.69 Å². The third-order valence-corrected chi connectivity index (χ3v) is 3.46. The van der Waals surface area contributed by atoms with E-state index in [1.54, 1.807) is 23.0 Å². The van der Waals surface area contributed by atoms with Crippen molar-refractivity contribution in [2.24, 2.45) is 0 Å². The van der Waals surface area contributed by atoms with E-state index < -0.39 is 0 Å². The molecule has 0 amide bonds. The summed E-state index contributed by atoms with van der Waals surface area (Å²) in [5, 5.41) is 4.09. The first-order valence-corrected chi connectivity index (χ1v) is 7.40. The average Bonchev–Trinajstić information content (AvgIpc) is 3.16. The molecule has 0 aliphatic carbocycles. The third-order valence-electron chi connectivity index (χ3n) is 3.46. The predicted molar refractivity (Wildman–Crippen MR) is 82.3 cm³/mol. The van der Waals surface area contributed by atoms with E-state index in [4.69, 9.17) is 0 Å². The molecule has 1 N–H and O–H groups in total. The highest BCUT2D eigenvalue weighted by Gasteiger charge is 2.17. The Labute approximate surface area is 126 Å². The highest BCUT2D eigenvalue weighted by atomic mass is 16.2. The summed E-state index contributed by atoms with van der Waals surface area (Å²) in [4.78, 5) is 32.4. The molecule has 22 heavy (non-hydrogen) atoms. The van der Waals surface area contributed by atoms with Gasteiger partial charge in [-0.05, 0) is 18.9 Å². The molecular weight excluding hydrogens is 284 g/mol. The van der Waals surface area contributed by atoms with Crippen LogP contribution >= 0.6 is 0 Å². The molecule has 0 aliphatic heterocycles. The number of aromatic amines is 1. The van der Waals surface area contributed by atoms with Crippen molar-refractivity contribution >= 4 is 11.2 Å². The number of rotatable bonds is 5. The maximum atomic E-state index is 12.5. The summed E-state index contributed by atoms with van der Waals surface area (Å²) in [7, 11) is 0. The zero-order chi connectivity index (χ0) is 15.7. The van der Waals surface area contributed by atoms with Gasteiger partial charge in [0.1, 0.15) is 0 Å². The molecule has 3 aromatic rings. The lowest BCUT2D eigenvalue weighted by atomic mass is 10.4. The van der Waals surface area contributed by atoms with Crippen molar-refractivity contribution in [1.82, 2.24) is 28.9 Å². The number of aryl methyl sites for hydroxylation is 1. The average molecular weight is 302 g/mol. The van der Waals surface area contributed by atoms with Crippen molar-refractivity contribution in [1.29, 1.82) is 0 Å². The Hall–Kier alpha value is -2.64. The van der Waals surface area contributed by atoms with Gasteiger partial charge in [0.15, 0.2) is 11.2 Å². The van der Waals surface area contributed by atoms with Crippen LogP contribution in [0.5, 0.6) is 0 Å². The largest absolute Gasteiger partial charge is 0.332 e. The number of hydrogen-bond acceptors (Lipinski definition) is 4. The molecule has 3 aromatic heterocycles. The Morgan fingerprint density at radius 2 is 1.86 bits per heavy atom. The van der Waals surface area contributed by atoms with Crippen molar-refractivity contribution < 1.29 is 0 Å². The van der Waals surface area contributed by atoms with Crippen LogP contribution in [0.2, 0.25) is 0 Å². The molecule has 8 heteroatoms. The molecule has 0 spiro atoms. The van der Waals surface area contributed by atoms with Crippen molar-refractivity contribution in [2.45, 2.75) is 39.8 Å². The van der Waals surface area contributed by atoms with E-state index in [1.165, 1.54) is 9.25 Å². The van der Waals surface area contributed by atoms with E-state index in [1.807, 2.05) is 13.8 Å². The van der Waals surface area contributed by atoms with E-state index in [-0.39, 0.29) is 11.2 Å². The predicted octanol–water partition coefficient (Wildman–Crippen LogP) is 0.892. The Morgan fingerprint density at radius 3 is 2.50 bits per heavy atom. The molecule has 0 unspecified atom stereocenters. The molecule has 0 saturated heterocycles. The summed E-state index contributed by atoms with van der Waals surface area (Å²) in [6.45, 7) is 4.83. The van der Waals surface area contributed by atoms with Crippen LogP contribution in [0.4, 0.5) is 0 Å². The molecule has 3 heterocycles. The van der Waals surface area contributed by atoms with Gasteiger partial charge < -0.3 is 4.98 Å². The molecule has 0 fully saturated rings. The summed E-state index contributed by atoms with van der Waals surface area (Å²) >= 11 is 0. The number of nitrogens with one attached hydrogen (secondary N) is 1. The van der Waals surface area contributed by atoms with E-state index >= 15 is 0 Å². The van der Waals surface area contributed by atoms with E-state index in [0.29, 0.717) is 36.6 Å². The normalized spacial score (nSPS) is 11.4. The molecule has 116 valence electrons. The van der Waals surface area contributed by atoms with Crippen molar-refractivity contribution in [3.63, 3.8) is 0 Å². The first-order chi connectivity index (χ1) is 10.7. The molecule has 0 saturated carbocycles. The highest BCUT2D eigenvalue weighted by Crippen LogP contribution is 2.09. The lowest BCUT2D eigenvalue weighted by Gasteiger charge is -2.09. The fourth-order valence-electron chi connectivity index (χ4n) is 2.50. The van der Waals surface area contributed by atoms with E-state index in [2.05, 4.69) is 15.1 Å². The van der Waals surface area contributed by atoms with Crippen LogP contribution in [0.25, 0.3) is 17.1 Å². The minimum absolute atomic E-state index is 0.306. The number of aromatic nitrogens is 6. The fraction of sp³-hybridized carbons (Fsp3) is 0.429. The van der Waals surface area contributed by atoms with Crippen molar-refractivity contribution in [3.05, 3.63) is 39.3 Å². The van der Waals surface area contributed by atoms with Crippen LogP contribution in [0.1, 0.15) is 26.7 Å². The molecule has 0 aromatic carbocycles. The Balaban J connectivity index is 2.33. The highest BCUT2D eigenvalue weighted by molar-refractivity contribution is 5.71. The van der Waals surface area contributed by atoms with Gasteiger partial charge in [0.25, 0.3) is 5.56 Å². The van der Waals surface area contributed by atoms with Gasteiger partial charge in [0, 0.05) is 25.5 Å². The zero-order valence-corrected chi connectivity index (χ0v) is 12.6. The first kappa shape index (κ1) is 14.3. The SMILES string of the molecule is CCCn1c(=O)c2[nH]c(-n3cccn3)nc2n(CCC)c1=O. The monoisotopic (exact) mass is 302 g/mol. The Kier molecular flexibility index (Phi) is 3.66. The standard InChI is InChI=1S/C14H18N6O2/c1-3-7-18-11-10(12(21)19(8-4-2)14(18)22)16-13(17-11)20-9-5-6-15-20/h5-6,9H,3-4,7-8H2,1-2H3,(H,16,17). The number of nitrogens with zero attached hydrogens (tertiary/aromatic N) is 5. The molecule has 3 rings (SSSR count). The van der Waals surface area contributed by atoms with Crippen LogP contribution in [-0.4, -0.2) is 28.9 Å². The van der Waals surface area contributed by atoms with Gasteiger partial charge in [-0.1, -0.05) is 13.8 Å². The summed E-state index contributed by atoms with van der Waals surface area (Å²) in [5.74, 6) is 0.426. The topological polar surface area (TPSA) is 90.5 Å². The fourth-order valence-corrected chi connectivity index (χ4v) is 2.50. The van der Waals surface area contributed by atoms with E-state index in [9.17, 15) is 9.59 Å². The summed E-state index contributed by atoms with van der Waals surface area (Å²) in [5.41, 5.74) is 0.0847. The van der Waals surface area contributed by atoms with Gasteiger partial charge in [-0.2, -0.15) is 10.1 Å². The lowest BCUT2D eigenvalue weighted by molar-refractivity contribution is 0.555. The van der Waals surface area contributed by atoms with Gasteiger partial charge in [0.2, 0.25) is 5.95 Å². The third kappa shape index (κ3) is 2.16. The van der Waals surface area contributed by atoms with Crippen molar-refractivity contribution in [2.75, 3.05) is 0 Å². The molecule has 8 nitrogen and oxygen atoms in total. The lowest BCUT2D eigenvalue weighted by Crippen LogP contribution is -2.40. The second-order valence-electron chi connectivity index (χ2n) is 5.10. The van der Waals surface area contributed by atoms with Gasteiger partial charge in [0.05, 0.1) is 0 Å². The smallest absolute Gasteiger partial charge is 0.316 e. The van der Waals surface area contributed by atoms with E-state index in [0.717, 1.165) is 6.42 Å². The molecule has 0 radical (unpaired) electrons. The minimum Gasteiger partial charge on any atom is -0.316 e. The van der Waals surface area contributed by atoms with Crippen molar-refractivity contribution in [3.8, 4) is 5.95 Å². The van der Waals surface area contributed by atoms with Gasteiger partial charge in [-0.3, -0.25) is 13.9 Å². The number of fused-ring (bicyclic) bond motifs is 1. The zero-order valence-electron chi connectivity index (χ0n) is 12.6. The van der Waals surface area contributed by atoms with Gasteiger partial charge in [-0.25, -0.2) is 9.48 Å². The quantitative estimate of drug-likeness (QED) is 0.758. The minimum atomic E-state index is -0.333. The first-order valence-electron chi connectivity index (χ1n) is 7.40. The van der Waals surface area contributed by atoms with Crippen LogP contribution < -0.4 is 11.2 Å². The maximum absolute atomic E-state index is 12.5. The molecule has 0 aliphatic rings. The second kappa shape index (κ2) is 5.63. The summed E-state index contributed by atoms with van der Waals surface area (Å²) in [6.07, 6.45) is 4.85. The maximum Gasteiger partial charge on any atom is 0.332 e. The summed E-state index contributed by atoms with van der Waals surface area (Å²) < 4.78 is 4.35. The van der Waals surface area contributed by atoms with Crippen LogP contribution in [0, 0.1) is 0 Å². The van der Waals surface area contributed by atoms with Crippen LogP contribution in [0.3, 0.4) is 0 Å². The van der Waals surface area contributed by atoms with Gasteiger partial charge in [-0.15, -0.1) is 0 Å². The number of H-pyrrole nitrogens is 1. The van der Waals surface area contributed by atoms with Crippen LogP contribution in [0.15, 0.2) is 28.0 Å². The van der Waals surface area contributed by atoms with Crippen LogP contribution in [-0.2, 0) is 13.1 Å². The molecule has 0 atom stereocenters.